The van der Waals surface area contributed by atoms with Crippen LogP contribution in [0.2, 0.25) is 0 Å². The van der Waals surface area contributed by atoms with E-state index in [0.29, 0.717) is 12.0 Å². The summed E-state index contributed by atoms with van der Waals surface area (Å²) in [4.78, 5) is 34.4. The second-order valence-electron chi connectivity index (χ2n) is 9.20. The van der Waals surface area contributed by atoms with Crippen molar-refractivity contribution in [2.24, 2.45) is 5.73 Å². The molecule has 3 aromatic carbocycles. The largest absolute Gasteiger partial charge is 0.508 e. The summed E-state index contributed by atoms with van der Waals surface area (Å²) in [6.07, 6.45) is 3.12. The number of carbonyl (C=O) groups excluding carboxylic acids is 2. The van der Waals surface area contributed by atoms with Gasteiger partial charge in [-0.05, 0) is 110 Å². The summed E-state index contributed by atoms with van der Waals surface area (Å²) < 4.78 is 0. The molecule has 3 aromatic rings. The average Bonchev–Trinajstić information content (AvgIpc) is 3.37. The molecule has 5 N–H and O–H groups in total. The van der Waals surface area contributed by atoms with Crippen molar-refractivity contribution in [3.8, 4) is 16.9 Å². The Kier molecular flexibility index (Phi) is 9.40. The number of carboxylic acids is 1. The molecule has 2 amide bonds. The highest BCUT2D eigenvalue weighted by molar-refractivity contribution is 5.93. The molecule has 1 unspecified atom stereocenters. The summed E-state index contributed by atoms with van der Waals surface area (Å²) in [7, 11) is 0. The van der Waals surface area contributed by atoms with Crippen LogP contribution in [0.25, 0.3) is 11.1 Å². The molecule has 1 heterocycles. The van der Waals surface area contributed by atoms with Crippen LogP contribution in [0.15, 0.2) is 60.7 Å². The number of amides is 2. The zero-order valence-corrected chi connectivity index (χ0v) is 21.1. The molecule has 8 nitrogen and oxygen atoms in total. The fourth-order valence-corrected chi connectivity index (χ4v) is 4.37. The van der Waals surface area contributed by atoms with Crippen molar-refractivity contribution in [2.45, 2.75) is 39.3 Å². The number of aryl methyl sites for hydroxylation is 1. The van der Waals surface area contributed by atoms with E-state index in [9.17, 15) is 19.5 Å². The van der Waals surface area contributed by atoms with Crippen LogP contribution in [-0.2, 0) is 11.3 Å². The minimum atomic E-state index is -0.951. The lowest BCUT2D eigenvalue weighted by atomic mass is 9.96. The van der Waals surface area contributed by atoms with E-state index < -0.39 is 11.9 Å². The number of rotatable bonds is 8. The molecule has 0 aliphatic carbocycles. The maximum atomic E-state index is 11.3. The van der Waals surface area contributed by atoms with E-state index >= 15 is 0 Å². The molecule has 1 saturated heterocycles. The Balaban J connectivity index is 0.000000233. The lowest BCUT2D eigenvalue weighted by Gasteiger charge is -2.16. The molecule has 37 heavy (non-hydrogen) atoms. The number of aromatic hydroxyl groups is 1. The lowest BCUT2D eigenvalue weighted by molar-refractivity contribution is -0.110. The Morgan fingerprint density at radius 2 is 1.68 bits per heavy atom. The summed E-state index contributed by atoms with van der Waals surface area (Å²) >= 11 is 0. The normalized spacial score (nSPS) is 13.8. The van der Waals surface area contributed by atoms with Crippen molar-refractivity contribution in [2.75, 3.05) is 13.1 Å². The van der Waals surface area contributed by atoms with E-state index in [1.807, 2.05) is 26.0 Å². The first-order valence-corrected chi connectivity index (χ1v) is 12.2. The highest BCUT2D eigenvalue weighted by Crippen LogP contribution is 2.29. The third-order valence-electron chi connectivity index (χ3n) is 6.38. The molecule has 8 heteroatoms. The Labute approximate surface area is 216 Å². The van der Waals surface area contributed by atoms with E-state index in [4.69, 9.17) is 10.8 Å². The molecule has 1 atom stereocenters. The highest BCUT2D eigenvalue weighted by Gasteiger charge is 2.14. The topological polar surface area (TPSA) is 133 Å². The monoisotopic (exact) mass is 503 g/mol. The van der Waals surface area contributed by atoms with Gasteiger partial charge >= 0.3 is 5.97 Å². The molecule has 194 valence electrons. The maximum Gasteiger partial charge on any atom is 0.335 e. The second kappa shape index (κ2) is 12.7. The zero-order chi connectivity index (χ0) is 26.9. The van der Waals surface area contributed by atoms with Gasteiger partial charge in [0.05, 0.1) is 11.6 Å². The number of phenolic OH excluding ortho intramolecular Hbond substituents is 1. The summed E-state index contributed by atoms with van der Waals surface area (Å²) in [5.41, 5.74) is 11.0. The van der Waals surface area contributed by atoms with Crippen LogP contribution in [-0.4, -0.2) is 46.5 Å². The molecular weight excluding hydrogens is 470 g/mol. The standard InChI is InChI=1S/C19H22N2O2.C10H11NO3/c1-13-8-15(19(20)23)4-5-18(13)16-9-14(10-17(22)11-16)12-21-6-2-3-7-21;1-7(11-6-12)8-2-4-9(5-3-8)10(13)14/h4-5,8-11,22H,2-3,6-7,12H2,1H3,(H2,20,23);2-7H,1H3,(H,11,12)(H,13,14). The van der Waals surface area contributed by atoms with E-state index in [1.54, 1.807) is 30.3 Å². The molecular formula is C29H33N3O5. The summed E-state index contributed by atoms with van der Waals surface area (Å²) in [6.45, 7) is 6.88. The fourth-order valence-electron chi connectivity index (χ4n) is 4.37. The predicted molar refractivity (Wildman–Crippen MR) is 142 cm³/mol. The fraction of sp³-hybridized carbons (Fsp3) is 0.276. The van der Waals surface area contributed by atoms with Gasteiger partial charge in [0.15, 0.2) is 0 Å². The Morgan fingerprint density at radius 3 is 2.24 bits per heavy atom. The van der Waals surface area contributed by atoms with Gasteiger partial charge in [-0.2, -0.15) is 0 Å². The SMILES string of the molecule is CC(NC=O)c1ccc(C(=O)O)cc1.Cc1cc(C(N)=O)ccc1-c1cc(O)cc(CN2CCCC2)c1. The molecule has 0 radical (unpaired) electrons. The van der Waals surface area contributed by atoms with Crippen LogP contribution < -0.4 is 11.1 Å². The minimum absolute atomic E-state index is 0.102. The summed E-state index contributed by atoms with van der Waals surface area (Å²) in [5, 5.41) is 21.3. The number of likely N-dealkylation sites (tertiary alicyclic amines) is 1. The van der Waals surface area contributed by atoms with Gasteiger partial charge in [-0.25, -0.2) is 4.79 Å². The molecule has 0 aromatic heterocycles. The minimum Gasteiger partial charge on any atom is -0.508 e. The first-order valence-electron chi connectivity index (χ1n) is 12.2. The number of nitrogens with two attached hydrogens (primary N) is 1. The quantitative estimate of drug-likeness (QED) is 0.340. The third-order valence-corrected chi connectivity index (χ3v) is 6.38. The lowest BCUT2D eigenvalue weighted by Crippen LogP contribution is -2.18. The van der Waals surface area contributed by atoms with Crippen molar-refractivity contribution in [1.29, 1.82) is 0 Å². The number of carbonyl (C=O) groups is 3. The van der Waals surface area contributed by atoms with Crippen LogP contribution in [0.4, 0.5) is 0 Å². The number of benzene rings is 3. The molecule has 0 bridgehead atoms. The zero-order valence-electron chi connectivity index (χ0n) is 21.1. The van der Waals surface area contributed by atoms with Crippen molar-refractivity contribution >= 4 is 18.3 Å². The predicted octanol–water partition coefficient (Wildman–Crippen LogP) is 4.25. The van der Waals surface area contributed by atoms with Crippen LogP contribution in [0.1, 0.15) is 63.2 Å². The van der Waals surface area contributed by atoms with Gasteiger partial charge in [0.25, 0.3) is 0 Å². The van der Waals surface area contributed by atoms with E-state index in [2.05, 4.69) is 16.3 Å². The number of nitrogens with one attached hydrogen (secondary N) is 1. The number of primary amides is 1. The first kappa shape index (κ1) is 27.4. The van der Waals surface area contributed by atoms with Crippen molar-refractivity contribution in [3.05, 3.63) is 88.5 Å². The number of carboxylic acid groups (broad SMARTS) is 1. The number of nitrogens with zero attached hydrogens (tertiary/aromatic N) is 1. The van der Waals surface area contributed by atoms with E-state index in [-0.39, 0.29) is 17.4 Å². The van der Waals surface area contributed by atoms with Crippen LogP contribution in [0.5, 0.6) is 5.75 Å². The molecule has 0 spiro atoms. The summed E-state index contributed by atoms with van der Waals surface area (Å²) in [6, 6.07) is 17.4. The van der Waals surface area contributed by atoms with E-state index in [1.165, 1.54) is 25.0 Å². The van der Waals surface area contributed by atoms with Crippen molar-refractivity contribution in [3.63, 3.8) is 0 Å². The average molecular weight is 504 g/mol. The smallest absolute Gasteiger partial charge is 0.335 e. The van der Waals surface area contributed by atoms with Gasteiger partial charge in [-0.1, -0.05) is 18.2 Å². The van der Waals surface area contributed by atoms with Crippen LogP contribution in [0, 0.1) is 6.92 Å². The molecule has 1 fully saturated rings. The highest BCUT2D eigenvalue weighted by atomic mass is 16.4. The second-order valence-corrected chi connectivity index (χ2v) is 9.20. The van der Waals surface area contributed by atoms with Gasteiger partial charge < -0.3 is 21.3 Å². The third kappa shape index (κ3) is 7.65. The number of hydrogen-bond acceptors (Lipinski definition) is 5. The van der Waals surface area contributed by atoms with Crippen molar-refractivity contribution in [1.82, 2.24) is 10.2 Å². The maximum absolute atomic E-state index is 11.3. The van der Waals surface area contributed by atoms with E-state index in [0.717, 1.165) is 47.5 Å². The molecule has 0 saturated carbocycles. The number of hydrogen-bond donors (Lipinski definition) is 4. The number of aromatic carboxylic acids is 1. The first-order chi connectivity index (χ1) is 17.7. The van der Waals surface area contributed by atoms with Gasteiger partial charge in [0.1, 0.15) is 5.75 Å². The van der Waals surface area contributed by atoms with Crippen molar-refractivity contribution < 1.29 is 24.6 Å². The summed E-state index contributed by atoms with van der Waals surface area (Å²) in [5.74, 6) is -1.10. The van der Waals surface area contributed by atoms with Crippen LogP contribution >= 0.6 is 0 Å². The Bertz CT molecular complexity index is 1250. The van der Waals surface area contributed by atoms with Gasteiger partial charge in [-0.15, -0.1) is 0 Å². The number of phenols is 1. The molecule has 1 aliphatic heterocycles. The molecule has 4 rings (SSSR count). The Morgan fingerprint density at radius 1 is 1.03 bits per heavy atom. The molecule has 1 aliphatic rings. The van der Waals surface area contributed by atoms with Gasteiger partial charge in [0, 0.05) is 12.1 Å². The van der Waals surface area contributed by atoms with Gasteiger partial charge in [0.2, 0.25) is 12.3 Å². The van der Waals surface area contributed by atoms with Crippen LogP contribution in [0.3, 0.4) is 0 Å². The van der Waals surface area contributed by atoms with Gasteiger partial charge in [-0.3, -0.25) is 14.5 Å². The Hall–Kier alpha value is -4.17.